The molecule has 2 aliphatic rings. The third-order valence-electron chi connectivity index (χ3n) is 5.20. The van der Waals surface area contributed by atoms with Gasteiger partial charge in [0.25, 0.3) is 0 Å². The van der Waals surface area contributed by atoms with Crippen molar-refractivity contribution in [2.24, 2.45) is 5.92 Å². The fourth-order valence-corrected chi connectivity index (χ4v) is 5.24. The maximum absolute atomic E-state index is 4.80. The number of thioether (sulfide) groups is 1. The Labute approximate surface area is 146 Å². The molecular weight excluding hydrogens is 300 g/mol. The summed E-state index contributed by atoms with van der Waals surface area (Å²) in [5.74, 6) is 0.740. The van der Waals surface area contributed by atoms with Crippen molar-refractivity contribution in [2.45, 2.75) is 81.5 Å². The molecule has 0 bridgehead atoms. The van der Waals surface area contributed by atoms with Gasteiger partial charge >= 0.3 is 0 Å². The number of piperidine rings is 1. The van der Waals surface area contributed by atoms with E-state index in [4.69, 9.17) is 4.98 Å². The van der Waals surface area contributed by atoms with Crippen molar-refractivity contribution < 1.29 is 0 Å². The number of nitrogens with zero attached hydrogens (tertiary/aromatic N) is 2. The third-order valence-corrected chi connectivity index (χ3v) is 6.48. The van der Waals surface area contributed by atoms with Crippen LogP contribution in [-0.4, -0.2) is 28.2 Å². The molecule has 0 unspecified atom stereocenters. The molecule has 1 aliphatic heterocycles. The van der Waals surface area contributed by atoms with E-state index >= 15 is 0 Å². The molecule has 23 heavy (non-hydrogen) atoms. The van der Waals surface area contributed by atoms with Gasteiger partial charge in [-0.25, -0.2) is 4.98 Å². The first-order chi connectivity index (χ1) is 11.2. The second kappa shape index (κ2) is 8.53. The van der Waals surface area contributed by atoms with Gasteiger partial charge in [0.05, 0.1) is 5.03 Å². The Bertz CT molecular complexity index is 465. The summed E-state index contributed by atoms with van der Waals surface area (Å²) in [6.07, 6.45) is 13.2. The summed E-state index contributed by atoms with van der Waals surface area (Å²) >= 11 is 2.01. The summed E-state index contributed by atoms with van der Waals surface area (Å²) in [5, 5.41) is 2.03. The summed E-state index contributed by atoms with van der Waals surface area (Å²) in [4.78, 5) is 7.48. The van der Waals surface area contributed by atoms with Crippen molar-refractivity contribution in [1.82, 2.24) is 9.88 Å². The Kier molecular flexibility index (Phi) is 6.41. The molecular formula is C20H32N2S. The van der Waals surface area contributed by atoms with E-state index in [1.807, 2.05) is 11.8 Å². The van der Waals surface area contributed by atoms with E-state index in [0.29, 0.717) is 6.04 Å². The van der Waals surface area contributed by atoms with Crippen LogP contribution in [0, 0.1) is 5.92 Å². The Balaban J connectivity index is 1.62. The lowest BCUT2D eigenvalue weighted by Crippen LogP contribution is -2.36. The van der Waals surface area contributed by atoms with Crippen molar-refractivity contribution in [3.63, 3.8) is 0 Å². The summed E-state index contributed by atoms with van der Waals surface area (Å²) in [6.45, 7) is 7.12. The first kappa shape index (κ1) is 17.3. The predicted molar refractivity (Wildman–Crippen MR) is 100.0 cm³/mol. The fourth-order valence-electron chi connectivity index (χ4n) is 4.07. The normalized spacial score (nSPS) is 24.2. The predicted octanol–water partition coefficient (Wildman–Crippen LogP) is 5.69. The van der Waals surface area contributed by atoms with Crippen molar-refractivity contribution in [1.29, 1.82) is 0 Å². The van der Waals surface area contributed by atoms with Crippen molar-refractivity contribution in [3.05, 3.63) is 23.9 Å². The van der Waals surface area contributed by atoms with Gasteiger partial charge < -0.3 is 0 Å². The highest BCUT2D eigenvalue weighted by atomic mass is 32.2. The van der Waals surface area contributed by atoms with Crippen molar-refractivity contribution in [2.75, 3.05) is 13.1 Å². The van der Waals surface area contributed by atoms with Crippen LogP contribution in [0.3, 0.4) is 0 Å². The molecule has 0 radical (unpaired) electrons. The Morgan fingerprint density at radius 1 is 1.09 bits per heavy atom. The molecule has 128 valence electrons. The first-order valence-electron chi connectivity index (χ1n) is 9.59. The first-order valence-corrected chi connectivity index (χ1v) is 10.5. The smallest absolute Gasteiger partial charge is 0.0962 e. The lowest BCUT2D eigenvalue weighted by atomic mass is 9.95. The van der Waals surface area contributed by atoms with Crippen LogP contribution in [0.25, 0.3) is 0 Å². The Hall–Kier alpha value is -0.540. The van der Waals surface area contributed by atoms with Gasteiger partial charge in [0.2, 0.25) is 0 Å². The van der Waals surface area contributed by atoms with Crippen molar-refractivity contribution in [3.8, 4) is 0 Å². The average Bonchev–Trinajstić information content (AvgIpc) is 2.57. The van der Waals surface area contributed by atoms with Gasteiger partial charge in [-0.05, 0) is 49.8 Å². The highest BCUT2D eigenvalue weighted by molar-refractivity contribution is 7.99. The highest BCUT2D eigenvalue weighted by Crippen LogP contribution is 2.35. The molecule has 1 aromatic rings. The molecule has 1 aromatic heterocycles. The number of hydrogen-bond acceptors (Lipinski definition) is 3. The molecule has 2 nitrogen and oxygen atoms in total. The van der Waals surface area contributed by atoms with E-state index in [9.17, 15) is 0 Å². The lowest BCUT2D eigenvalue weighted by Gasteiger charge is -2.37. The van der Waals surface area contributed by atoms with Crippen LogP contribution in [0.15, 0.2) is 23.4 Å². The Morgan fingerprint density at radius 2 is 1.87 bits per heavy atom. The minimum Gasteiger partial charge on any atom is -0.296 e. The van der Waals surface area contributed by atoms with E-state index in [1.165, 1.54) is 75.0 Å². The topological polar surface area (TPSA) is 16.1 Å². The maximum atomic E-state index is 4.80. The molecule has 0 aromatic carbocycles. The zero-order valence-electron chi connectivity index (χ0n) is 14.8. The zero-order chi connectivity index (χ0) is 16.1. The summed E-state index contributed by atoms with van der Waals surface area (Å²) in [6, 6.07) is 5.21. The molecule has 1 saturated heterocycles. The van der Waals surface area contributed by atoms with Gasteiger partial charge in [0.1, 0.15) is 0 Å². The molecule has 1 aliphatic carbocycles. The highest BCUT2D eigenvalue weighted by Gasteiger charge is 2.24. The van der Waals surface area contributed by atoms with Crippen LogP contribution in [0.5, 0.6) is 0 Å². The standard InChI is InChI=1S/C20H32N2S/c1-16(2)15-22-13-7-6-10-19(22)17-11-12-20(21-14-17)23-18-8-4-3-5-9-18/h11-12,14,16,18-19H,3-10,13,15H2,1-2H3/t19-/m1/s1. The Morgan fingerprint density at radius 3 is 2.57 bits per heavy atom. The maximum Gasteiger partial charge on any atom is 0.0962 e. The van der Waals surface area contributed by atoms with Gasteiger partial charge in [-0.2, -0.15) is 0 Å². The minimum atomic E-state index is 0.590. The molecule has 3 rings (SSSR count). The lowest BCUT2D eigenvalue weighted by molar-refractivity contribution is 0.132. The monoisotopic (exact) mass is 332 g/mol. The molecule has 0 amide bonds. The van der Waals surface area contributed by atoms with Gasteiger partial charge in [-0.1, -0.05) is 45.6 Å². The molecule has 2 fully saturated rings. The van der Waals surface area contributed by atoms with Crippen LogP contribution >= 0.6 is 11.8 Å². The van der Waals surface area contributed by atoms with E-state index in [1.54, 1.807) is 0 Å². The summed E-state index contributed by atoms with van der Waals surface area (Å²) in [7, 11) is 0. The van der Waals surface area contributed by atoms with Crippen molar-refractivity contribution >= 4 is 11.8 Å². The largest absolute Gasteiger partial charge is 0.296 e. The van der Waals surface area contributed by atoms with E-state index in [0.717, 1.165) is 11.2 Å². The second-order valence-corrected chi connectivity index (χ2v) is 9.03. The summed E-state index contributed by atoms with van der Waals surface area (Å²) in [5.41, 5.74) is 1.43. The van der Waals surface area contributed by atoms with E-state index < -0.39 is 0 Å². The van der Waals surface area contributed by atoms with E-state index in [-0.39, 0.29) is 0 Å². The van der Waals surface area contributed by atoms with Crippen LogP contribution in [0.1, 0.15) is 76.8 Å². The van der Waals surface area contributed by atoms with Gasteiger partial charge in [-0.15, -0.1) is 11.8 Å². The number of pyridine rings is 1. The van der Waals surface area contributed by atoms with Crippen LogP contribution in [0.4, 0.5) is 0 Å². The van der Waals surface area contributed by atoms with Gasteiger partial charge in [0.15, 0.2) is 0 Å². The van der Waals surface area contributed by atoms with Gasteiger partial charge in [0, 0.05) is 24.0 Å². The molecule has 0 spiro atoms. The van der Waals surface area contributed by atoms with E-state index in [2.05, 4.69) is 37.1 Å². The third kappa shape index (κ3) is 4.96. The molecule has 1 saturated carbocycles. The van der Waals surface area contributed by atoms with Crippen LogP contribution in [-0.2, 0) is 0 Å². The summed E-state index contributed by atoms with van der Waals surface area (Å²) < 4.78 is 0. The average molecular weight is 333 g/mol. The van der Waals surface area contributed by atoms with Crippen LogP contribution in [0.2, 0.25) is 0 Å². The molecule has 2 heterocycles. The van der Waals surface area contributed by atoms with Crippen LogP contribution < -0.4 is 0 Å². The zero-order valence-corrected chi connectivity index (χ0v) is 15.7. The second-order valence-electron chi connectivity index (χ2n) is 7.71. The molecule has 1 atom stereocenters. The number of hydrogen-bond donors (Lipinski definition) is 0. The number of likely N-dealkylation sites (tertiary alicyclic amines) is 1. The number of aromatic nitrogens is 1. The molecule has 3 heteroatoms. The SMILES string of the molecule is CC(C)CN1CCCC[C@@H]1c1ccc(SC2CCCCC2)nc1. The van der Waals surface area contributed by atoms with Gasteiger partial charge in [-0.3, -0.25) is 4.90 Å². The minimum absolute atomic E-state index is 0.590. The quantitative estimate of drug-likeness (QED) is 0.689. The number of rotatable bonds is 5. The fraction of sp³-hybridized carbons (Fsp3) is 0.750. The molecule has 0 N–H and O–H groups in total.